The Bertz CT molecular complexity index is 882. The van der Waals surface area contributed by atoms with Crippen LogP contribution in [0.15, 0.2) is 47.6 Å². The zero-order valence-corrected chi connectivity index (χ0v) is 14.8. The molecule has 0 radical (unpaired) electrons. The van der Waals surface area contributed by atoms with Gasteiger partial charge in [0.05, 0.1) is 29.1 Å². The Kier molecular flexibility index (Phi) is 5.27. The molecule has 1 N–H and O–H groups in total. The summed E-state index contributed by atoms with van der Waals surface area (Å²) in [4.78, 5) is 17.5. The first-order valence-electron chi connectivity index (χ1n) is 7.82. The molecule has 0 saturated carbocycles. The minimum atomic E-state index is -4.54. The molecule has 3 rings (SSSR count). The third-order valence-corrected chi connectivity index (χ3v) is 4.27. The number of rotatable bonds is 4. The minimum Gasteiger partial charge on any atom is -0.497 e. The predicted molar refractivity (Wildman–Crippen MR) is 94.1 cm³/mol. The van der Waals surface area contributed by atoms with Crippen LogP contribution in [0, 0.1) is 0 Å². The molecule has 1 aliphatic rings. The SMILES string of the molecule is COc1ccc(C2=NO[C@@H](C(=O)Nc3cc(C(F)(F)F)ccc3Cl)C2)cc1. The van der Waals surface area contributed by atoms with Crippen molar-refractivity contribution in [1.29, 1.82) is 0 Å². The van der Waals surface area contributed by atoms with Gasteiger partial charge in [0.2, 0.25) is 6.10 Å². The number of alkyl halides is 3. The van der Waals surface area contributed by atoms with E-state index in [2.05, 4.69) is 10.5 Å². The molecule has 0 saturated heterocycles. The van der Waals surface area contributed by atoms with Crippen molar-refractivity contribution >= 4 is 28.9 Å². The number of carbonyl (C=O) groups excluding carboxylic acids is 1. The lowest BCUT2D eigenvalue weighted by atomic mass is 10.0. The molecule has 2 aromatic rings. The number of anilines is 1. The summed E-state index contributed by atoms with van der Waals surface area (Å²) < 4.78 is 43.5. The summed E-state index contributed by atoms with van der Waals surface area (Å²) in [5.41, 5.74) is 0.249. The van der Waals surface area contributed by atoms with E-state index in [-0.39, 0.29) is 17.1 Å². The molecule has 5 nitrogen and oxygen atoms in total. The van der Waals surface area contributed by atoms with Crippen LogP contribution >= 0.6 is 11.6 Å². The molecular formula is C18H14ClF3N2O3. The van der Waals surface area contributed by atoms with E-state index >= 15 is 0 Å². The van der Waals surface area contributed by atoms with Crippen molar-refractivity contribution in [1.82, 2.24) is 0 Å². The zero-order valence-electron chi connectivity index (χ0n) is 14.0. The van der Waals surface area contributed by atoms with Crippen LogP contribution in [0.1, 0.15) is 17.5 Å². The predicted octanol–water partition coefficient (Wildman–Crippen LogP) is 4.50. The lowest BCUT2D eigenvalue weighted by molar-refractivity contribution is -0.137. The summed E-state index contributed by atoms with van der Waals surface area (Å²) in [6, 6.07) is 9.72. The third kappa shape index (κ3) is 4.33. The topological polar surface area (TPSA) is 59.9 Å². The van der Waals surface area contributed by atoms with Gasteiger partial charge in [-0.15, -0.1) is 0 Å². The van der Waals surface area contributed by atoms with Crippen molar-refractivity contribution in [2.45, 2.75) is 18.7 Å². The molecule has 9 heteroatoms. The van der Waals surface area contributed by atoms with Crippen LogP contribution < -0.4 is 10.1 Å². The number of hydrogen-bond donors (Lipinski definition) is 1. The highest BCUT2D eigenvalue weighted by atomic mass is 35.5. The van der Waals surface area contributed by atoms with Gasteiger partial charge in [0, 0.05) is 6.42 Å². The number of ether oxygens (including phenoxy) is 1. The Morgan fingerprint density at radius 3 is 2.59 bits per heavy atom. The highest BCUT2D eigenvalue weighted by Gasteiger charge is 2.32. The van der Waals surface area contributed by atoms with E-state index in [9.17, 15) is 18.0 Å². The molecule has 2 aromatic carbocycles. The second kappa shape index (κ2) is 7.48. The van der Waals surface area contributed by atoms with Crippen molar-refractivity contribution in [2.24, 2.45) is 5.16 Å². The number of hydrogen-bond acceptors (Lipinski definition) is 4. The molecule has 1 atom stereocenters. The van der Waals surface area contributed by atoms with Gasteiger partial charge >= 0.3 is 6.18 Å². The van der Waals surface area contributed by atoms with Crippen molar-refractivity contribution in [2.75, 3.05) is 12.4 Å². The van der Waals surface area contributed by atoms with Gasteiger partial charge in [-0.2, -0.15) is 13.2 Å². The fourth-order valence-electron chi connectivity index (χ4n) is 2.48. The van der Waals surface area contributed by atoms with Crippen LogP contribution in [0.25, 0.3) is 0 Å². The van der Waals surface area contributed by atoms with Gasteiger partial charge in [0.15, 0.2) is 0 Å². The monoisotopic (exact) mass is 398 g/mol. The van der Waals surface area contributed by atoms with E-state index < -0.39 is 23.8 Å². The molecule has 0 fully saturated rings. The fraction of sp³-hybridized carbons (Fsp3) is 0.222. The highest BCUT2D eigenvalue weighted by Crippen LogP contribution is 2.34. The van der Waals surface area contributed by atoms with Crippen molar-refractivity contribution < 1.29 is 27.5 Å². The smallest absolute Gasteiger partial charge is 0.416 e. The zero-order chi connectivity index (χ0) is 19.6. The number of benzene rings is 2. The summed E-state index contributed by atoms with van der Waals surface area (Å²) in [5, 5.41) is 6.24. The number of methoxy groups -OCH3 is 1. The second-order valence-corrected chi connectivity index (χ2v) is 6.15. The van der Waals surface area contributed by atoms with Crippen LogP contribution in [0.2, 0.25) is 5.02 Å². The highest BCUT2D eigenvalue weighted by molar-refractivity contribution is 6.33. The Hall–Kier alpha value is -2.74. The van der Waals surface area contributed by atoms with Gasteiger partial charge in [-0.05, 0) is 48.0 Å². The second-order valence-electron chi connectivity index (χ2n) is 5.75. The van der Waals surface area contributed by atoms with Crippen LogP contribution in [-0.2, 0) is 15.8 Å². The first-order chi connectivity index (χ1) is 12.8. The average molecular weight is 399 g/mol. The van der Waals surface area contributed by atoms with Gasteiger partial charge < -0.3 is 14.9 Å². The van der Waals surface area contributed by atoms with Crippen molar-refractivity contribution in [3.63, 3.8) is 0 Å². The lowest BCUT2D eigenvalue weighted by Crippen LogP contribution is -2.28. The summed E-state index contributed by atoms with van der Waals surface area (Å²) in [7, 11) is 1.55. The lowest BCUT2D eigenvalue weighted by Gasteiger charge is -2.13. The average Bonchev–Trinajstić information content (AvgIpc) is 3.13. The molecular weight excluding hydrogens is 385 g/mol. The Morgan fingerprint density at radius 2 is 1.96 bits per heavy atom. The maximum atomic E-state index is 12.8. The van der Waals surface area contributed by atoms with E-state index in [1.807, 2.05) is 0 Å². The standard InChI is InChI=1S/C18H14ClF3N2O3/c1-26-12-5-2-10(3-6-12)14-9-16(27-24-14)17(25)23-15-8-11(18(20,21)22)4-7-13(15)19/h2-8,16H,9H2,1H3,(H,23,25)/t16-/m1/s1. The number of oxime groups is 1. The first kappa shape index (κ1) is 19.0. The van der Waals surface area contributed by atoms with Crippen LogP contribution in [0.4, 0.5) is 18.9 Å². The maximum absolute atomic E-state index is 12.8. The Morgan fingerprint density at radius 1 is 1.26 bits per heavy atom. The molecule has 1 aliphatic heterocycles. The van der Waals surface area contributed by atoms with E-state index in [1.54, 1.807) is 31.4 Å². The first-order valence-corrected chi connectivity index (χ1v) is 8.20. The van der Waals surface area contributed by atoms with Gasteiger partial charge in [0.1, 0.15) is 5.75 Å². The normalized spacial score (nSPS) is 16.5. The summed E-state index contributed by atoms with van der Waals surface area (Å²) in [6.45, 7) is 0. The van der Waals surface area contributed by atoms with Crippen LogP contribution in [0.5, 0.6) is 5.75 Å². The fourth-order valence-corrected chi connectivity index (χ4v) is 2.65. The van der Waals surface area contributed by atoms with E-state index in [1.165, 1.54) is 0 Å². The molecule has 0 spiro atoms. The largest absolute Gasteiger partial charge is 0.497 e. The van der Waals surface area contributed by atoms with E-state index in [4.69, 9.17) is 21.2 Å². The maximum Gasteiger partial charge on any atom is 0.416 e. The molecule has 0 aromatic heterocycles. The summed E-state index contributed by atoms with van der Waals surface area (Å²) >= 11 is 5.89. The van der Waals surface area contributed by atoms with E-state index in [0.717, 1.165) is 23.8 Å². The quantitative estimate of drug-likeness (QED) is 0.825. The van der Waals surface area contributed by atoms with Crippen molar-refractivity contribution in [3.8, 4) is 5.75 Å². The third-order valence-electron chi connectivity index (χ3n) is 3.94. The molecule has 0 aliphatic carbocycles. The number of halogens is 4. The summed E-state index contributed by atoms with van der Waals surface area (Å²) in [6.07, 6.45) is -5.33. The van der Waals surface area contributed by atoms with E-state index in [0.29, 0.717) is 11.5 Å². The van der Waals surface area contributed by atoms with Crippen LogP contribution in [-0.4, -0.2) is 24.8 Å². The number of nitrogens with one attached hydrogen (secondary N) is 1. The number of carbonyl (C=O) groups is 1. The van der Waals surface area contributed by atoms with Crippen molar-refractivity contribution in [3.05, 3.63) is 58.6 Å². The number of amides is 1. The van der Waals surface area contributed by atoms with Gasteiger partial charge in [-0.25, -0.2) is 0 Å². The Balaban J connectivity index is 1.68. The molecule has 142 valence electrons. The molecule has 27 heavy (non-hydrogen) atoms. The van der Waals surface area contributed by atoms with Crippen LogP contribution in [0.3, 0.4) is 0 Å². The van der Waals surface area contributed by atoms with Gasteiger partial charge in [-0.1, -0.05) is 16.8 Å². The molecule has 0 unspecified atom stereocenters. The van der Waals surface area contributed by atoms with Gasteiger partial charge in [0.25, 0.3) is 5.91 Å². The Labute approximate surface area is 157 Å². The van der Waals surface area contributed by atoms with Gasteiger partial charge in [-0.3, -0.25) is 4.79 Å². The molecule has 1 amide bonds. The summed E-state index contributed by atoms with van der Waals surface area (Å²) in [5.74, 6) is 0.0373. The molecule has 0 bridgehead atoms. The molecule has 1 heterocycles. The number of nitrogens with zero attached hydrogens (tertiary/aromatic N) is 1. The minimum absolute atomic E-state index is 0.00866.